The number of unbranched alkanes of at least 4 members (excludes halogenated alkanes) is 3. The summed E-state index contributed by atoms with van der Waals surface area (Å²) in [6.07, 6.45) is 3.31. The van der Waals surface area contributed by atoms with Crippen molar-refractivity contribution in [3.05, 3.63) is 59.2 Å². The van der Waals surface area contributed by atoms with Gasteiger partial charge in [-0.1, -0.05) is 12.1 Å². The van der Waals surface area contributed by atoms with Crippen molar-refractivity contribution in [3.63, 3.8) is 0 Å². The van der Waals surface area contributed by atoms with E-state index >= 15 is 0 Å². The number of halogens is 4. The summed E-state index contributed by atoms with van der Waals surface area (Å²) in [5.74, 6) is -1.92. The number of ether oxygens (including phenoxy) is 2. The molecule has 7 heteroatoms. The second-order valence-electron chi connectivity index (χ2n) is 6.81. The molecule has 158 valence electrons. The van der Waals surface area contributed by atoms with Crippen molar-refractivity contribution in [2.75, 3.05) is 13.2 Å². The highest BCUT2D eigenvalue weighted by Crippen LogP contribution is 2.33. The van der Waals surface area contributed by atoms with Crippen molar-refractivity contribution in [3.8, 4) is 11.5 Å². The molecular weight excluding hydrogens is 496 g/mol. The fraction of sp³-hybridized carbons (Fsp3) is 0.409. The number of carbonyl (C=O) groups is 1. The number of benzene rings is 2. The minimum Gasteiger partial charge on any atom is -0.494 e. The molecule has 0 aliphatic rings. The molecule has 3 nitrogen and oxygen atoms in total. The van der Waals surface area contributed by atoms with Gasteiger partial charge >= 0.3 is 0 Å². The smallest absolute Gasteiger partial charge is 0.183 e. The minimum atomic E-state index is -1.40. The van der Waals surface area contributed by atoms with Crippen LogP contribution in [0.1, 0.15) is 55.5 Å². The first-order valence-corrected chi connectivity index (χ1v) is 10.5. The molecule has 0 radical (unpaired) electrons. The van der Waals surface area contributed by atoms with Gasteiger partial charge in [0.05, 0.1) is 18.8 Å². The lowest BCUT2D eigenvalue weighted by Gasteiger charge is -2.13. The van der Waals surface area contributed by atoms with Gasteiger partial charge < -0.3 is 9.47 Å². The Hall–Kier alpha value is -1.77. The van der Waals surface area contributed by atoms with E-state index < -0.39 is 26.7 Å². The number of hydrogen-bond donors (Lipinski definition) is 0. The van der Waals surface area contributed by atoms with Crippen molar-refractivity contribution >= 4 is 28.4 Å². The van der Waals surface area contributed by atoms with E-state index in [0.29, 0.717) is 24.3 Å². The van der Waals surface area contributed by atoms with E-state index in [1.165, 1.54) is 13.0 Å². The Morgan fingerprint density at radius 1 is 0.966 bits per heavy atom. The van der Waals surface area contributed by atoms with Gasteiger partial charge in [-0.3, -0.25) is 4.79 Å². The third-order valence-corrected chi connectivity index (χ3v) is 4.96. The molecule has 1 atom stereocenters. The zero-order valence-corrected chi connectivity index (χ0v) is 18.6. The van der Waals surface area contributed by atoms with Crippen LogP contribution in [0.2, 0.25) is 0 Å². The predicted molar refractivity (Wildman–Crippen MR) is 115 cm³/mol. The van der Waals surface area contributed by atoms with Crippen LogP contribution < -0.4 is 9.47 Å². The van der Waals surface area contributed by atoms with Crippen LogP contribution in [0.25, 0.3) is 0 Å². The van der Waals surface area contributed by atoms with Crippen molar-refractivity contribution in [1.29, 1.82) is 0 Å². The van der Waals surface area contributed by atoms with Crippen LogP contribution in [0.4, 0.5) is 13.2 Å². The molecule has 2 rings (SSSR count). The first kappa shape index (κ1) is 23.5. The summed E-state index contributed by atoms with van der Waals surface area (Å²) in [5, 5.41) is 0. The molecule has 0 N–H and O–H groups in total. The van der Waals surface area contributed by atoms with Crippen LogP contribution in [-0.4, -0.2) is 19.0 Å². The lowest BCUT2D eigenvalue weighted by atomic mass is 10.1. The van der Waals surface area contributed by atoms with E-state index in [9.17, 15) is 18.0 Å². The van der Waals surface area contributed by atoms with Gasteiger partial charge in [0.15, 0.2) is 21.0 Å². The van der Waals surface area contributed by atoms with E-state index in [2.05, 4.69) is 0 Å². The number of rotatable bonds is 11. The average molecular weight is 520 g/mol. The Balaban J connectivity index is 1.63. The van der Waals surface area contributed by atoms with Crippen LogP contribution in [0.3, 0.4) is 0 Å². The van der Waals surface area contributed by atoms with Crippen molar-refractivity contribution < 1.29 is 27.4 Å². The van der Waals surface area contributed by atoms with Gasteiger partial charge in [0.2, 0.25) is 0 Å². The van der Waals surface area contributed by atoms with Crippen LogP contribution in [0.5, 0.6) is 11.5 Å². The van der Waals surface area contributed by atoms with Crippen LogP contribution in [-0.2, 0) is 3.68 Å². The van der Waals surface area contributed by atoms with Crippen LogP contribution in [0, 0.1) is 11.6 Å². The van der Waals surface area contributed by atoms with E-state index in [4.69, 9.17) is 9.47 Å². The Bertz CT molecular complexity index is 817. The standard InChI is InChI=1S/C22H24F3IO3/c1-15(27)20-18(23)11-12-19(21(20)24)29-14-6-4-3-5-13-28-17-9-7-16(8-10-17)22(2,25)26/h7-12H,3-6,13-14H2,1-2H3. The fourth-order valence-corrected chi connectivity index (χ4v) is 3.10. The maximum absolute atomic E-state index is 14.1. The summed E-state index contributed by atoms with van der Waals surface area (Å²) in [5.41, 5.74) is 0.0285. The lowest BCUT2D eigenvalue weighted by molar-refractivity contribution is 0.100. The van der Waals surface area contributed by atoms with E-state index in [1.54, 1.807) is 46.9 Å². The molecule has 0 spiro atoms. The van der Waals surface area contributed by atoms with Gasteiger partial charge in [0.1, 0.15) is 11.6 Å². The molecule has 0 amide bonds. The number of hydrogen-bond acceptors (Lipinski definition) is 3. The molecule has 1 unspecified atom stereocenters. The summed E-state index contributed by atoms with van der Waals surface area (Å²) in [6, 6.07) is 9.17. The van der Waals surface area contributed by atoms with Gasteiger partial charge in [-0.2, -0.15) is 0 Å². The maximum Gasteiger partial charge on any atom is 0.183 e. The lowest BCUT2D eigenvalue weighted by Crippen LogP contribution is -2.06. The fourth-order valence-electron chi connectivity index (χ4n) is 2.74. The SMILES string of the molecule is CC(=O)c1c(F)ccc(OCCCCCCOc2ccc(C(C)(F)I)cc2)c1F. The molecule has 2 aromatic carbocycles. The molecular formula is C22H24F3IO3. The highest BCUT2D eigenvalue weighted by atomic mass is 127. The third-order valence-electron chi connectivity index (χ3n) is 4.33. The third kappa shape index (κ3) is 7.21. The minimum absolute atomic E-state index is 0.112. The first-order valence-electron chi connectivity index (χ1n) is 9.43. The van der Waals surface area contributed by atoms with E-state index in [1.807, 2.05) is 0 Å². The Labute approximate surface area is 182 Å². The summed E-state index contributed by atoms with van der Waals surface area (Å²) in [6.45, 7) is 3.44. The van der Waals surface area contributed by atoms with Crippen LogP contribution in [0.15, 0.2) is 36.4 Å². The monoisotopic (exact) mass is 520 g/mol. The molecule has 0 saturated heterocycles. The van der Waals surface area contributed by atoms with Crippen molar-refractivity contribution in [1.82, 2.24) is 0 Å². The normalized spacial score (nSPS) is 13.0. The molecule has 0 aromatic heterocycles. The summed E-state index contributed by atoms with van der Waals surface area (Å²) < 4.78 is 51.0. The van der Waals surface area contributed by atoms with Crippen LogP contribution >= 0.6 is 22.6 Å². The Kier molecular flexibility index (Phi) is 8.79. The topological polar surface area (TPSA) is 35.5 Å². The van der Waals surface area contributed by atoms with Gasteiger partial charge in [0.25, 0.3) is 0 Å². The molecule has 0 aliphatic carbocycles. The van der Waals surface area contributed by atoms with Gasteiger partial charge in [-0.15, -0.1) is 0 Å². The first-order chi connectivity index (χ1) is 13.7. The Morgan fingerprint density at radius 2 is 1.55 bits per heavy atom. The highest BCUT2D eigenvalue weighted by molar-refractivity contribution is 14.1. The van der Waals surface area contributed by atoms with E-state index in [0.717, 1.165) is 32.3 Å². The summed E-state index contributed by atoms with van der Waals surface area (Å²) >= 11 is 1.75. The summed E-state index contributed by atoms with van der Waals surface area (Å²) in [4.78, 5) is 11.3. The molecule has 0 saturated carbocycles. The Morgan fingerprint density at radius 3 is 2.10 bits per heavy atom. The number of Topliss-reactive ketones (excluding diaryl/α,β-unsaturated/α-hetero) is 1. The maximum atomic E-state index is 14.1. The number of carbonyl (C=O) groups excluding carboxylic acids is 1. The quantitative estimate of drug-likeness (QED) is 0.142. The highest BCUT2D eigenvalue weighted by Gasteiger charge is 2.20. The molecule has 0 fully saturated rings. The van der Waals surface area contributed by atoms with Gasteiger partial charge in [0, 0.05) is 0 Å². The molecule has 0 heterocycles. The molecule has 0 bridgehead atoms. The second kappa shape index (κ2) is 10.8. The van der Waals surface area contributed by atoms with Gasteiger partial charge in [-0.05, 0) is 92.0 Å². The molecule has 2 aromatic rings. The second-order valence-corrected chi connectivity index (χ2v) is 8.84. The molecule has 0 aliphatic heterocycles. The number of ketones is 1. The zero-order chi connectivity index (χ0) is 21.4. The predicted octanol–water partition coefficient (Wildman–Crippen LogP) is 6.76. The number of alkyl halides is 2. The van der Waals surface area contributed by atoms with E-state index in [-0.39, 0.29) is 12.4 Å². The average Bonchev–Trinajstić information content (AvgIpc) is 2.65. The van der Waals surface area contributed by atoms with Crippen molar-refractivity contribution in [2.45, 2.75) is 43.2 Å². The largest absolute Gasteiger partial charge is 0.494 e. The summed E-state index contributed by atoms with van der Waals surface area (Å²) in [7, 11) is 0. The molecule has 29 heavy (non-hydrogen) atoms. The zero-order valence-electron chi connectivity index (χ0n) is 16.4. The van der Waals surface area contributed by atoms with Crippen molar-refractivity contribution in [2.24, 2.45) is 0 Å². The van der Waals surface area contributed by atoms with Gasteiger partial charge in [-0.25, -0.2) is 13.2 Å².